The predicted molar refractivity (Wildman–Crippen MR) is 42.2 cm³/mol. The van der Waals surface area contributed by atoms with E-state index in [-0.39, 0.29) is 0 Å². The summed E-state index contributed by atoms with van der Waals surface area (Å²) in [5.74, 6) is -2.97. The monoisotopic (exact) mass is 240 g/mol. The van der Waals surface area contributed by atoms with Crippen LogP contribution >= 0.6 is 0 Å². The summed E-state index contributed by atoms with van der Waals surface area (Å²) in [6.45, 7) is 0. The van der Waals surface area contributed by atoms with Gasteiger partial charge in [-0.3, -0.25) is 0 Å². The van der Waals surface area contributed by atoms with Crippen molar-refractivity contribution in [2.45, 2.75) is 12.4 Å². The van der Waals surface area contributed by atoms with E-state index < -0.39 is 41.1 Å². The van der Waals surface area contributed by atoms with Gasteiger partial charge < -0.3 is 0 Å². The number of fused-ring (bicyclic) bond motifs is 4. The summed E-state index contributed by atoms with van der Waals surface area (Å²) in [6, 6.07) is 0. The van der Waals surface area contributed by atoms with Gasteiger partial charge in [-0.25, -0.2) is 0 Å². The number of hydrogen-bond acceptors (Lipinski definition) is 0. The maximum atomic E-state index is 12.7. The molecule has 0 saturated heterocycles. The molecule has 0 aromatic rings. The summed E-state index contributed by atoms with van der Waals surface area (Å²) in [5.41, 5.74) is -2.78. The molecule has 0 amide bonds. The van der Waals surface area contributed by atoms with Crippen molar-refractivity contribution in [2.24, 2.45) is 23.2 Å². The van der Waals surface area contributed by atoms with E-state index in [9.17, 15) is 26.3 Å². The highest BCUT2D eigenvalue weighted by Crippen LogP contribution is 2.76. The first-order chi connectivity index (χ1) is 7.19. The Morgan fingerprint density at radius 2 is 1.62 bits per heavy atom. The highest BCUT2D eigenvalue weighted by Gasteiger charge is 2.79. The van der Waals surface area contributed by atoms with E-state index in [0.717, 1.165) is 12.2 Å². The lowest BCUT2D eigenvalue weighted by atomic mass is 9.35. The van der Waals surface area contributed by atoms with Crippen LogP contribution in [0.25, 0.3) is 0 Å². The fourth-order valence-electron chi connectivity index (χ4n) is 3.14. The van der Waals surface area contributed by atoms with Gasteiger partial charge in [-0.2, -0.15) is 26.3 Å². The Labute approximate surface area is 86.6 Å². The second-order valence-electron chi connectivity index (χ2n) is 4.49. The second-order valence-corrected chi connectivity index (χ2v) is 4.49. The van der Waals surface area contributed by atoms with Crippen molar-refractivity contribution in [1.29, 1.82) is 0 Å². The van der Waals surface area contributed by atoms with E-state index in [4.69, 9.17) is 0 Å². The van der Waals surface area contributed by atoms with Crippen LogP contribution in [0.4, 0.5) is 26.3 Å². The Morgan fingerprint density at radius 3 is 1.94 bits per heavy atom. The molecule has 0 aromatic heterocycles. The molecule has 1 fully saturated rings. The highest BCUT2D eigenvalue weighted by molar-refractivity contribution is 5.48. The molecule has 0 bridgehead atoms. The number of rotatable bonds is 0. The molecule has 3 aliphatic carbocycles. The van der Waals surface area contributed by atoms with Crippen molar-refractivity contribution >= 4 is 0 Å². The molecular weight excluding hydrogens is 234 g/mol. The SMILES string of the molecule is FC(F)(F)C1=C[C@H]2C1[C@H]1C=C[C@]12C(F)(F)F. The minimum absolute atomic E-state index is 0.734. The molecule has 4 atom stereocenters. The van der Waals surface area contributed by atoms with Crippen LogP contribution in [-0.2, 0) is 0 Å². The highest BCUT2D eigenvalue weighted by atomic mass is 19.4. The molecule has 0 aliphatic heterocycles. The van der Waals surface area contributed by atoms with Gasteiger partial charge in [0.25, 0.3) is 0 Å². The summed E-state index contributed by atoms with van der Waals surface area (Å²) in [5, 5.41) is 0. The largest absolute Gasteiger partial charge is 0.412 e. The van der Waals surface area contributed by atoms with Crippen molar-refractivity contribution in [2.75, 3.05) is 0 Å². The zero-order chi connectivity index (χ0) is 11.9. The third-order valence-electron chi connectivity index (χ3n) is 3.99. The molecule has 0 nitrogen and oxygen atoms in total. The standard InChI is InChI=1S/C10H6F6/c11-9(12,13)6-3-5-7(6)4-1-2-8(4,5)10(14,15)16/h1-5,7H/t4-,5+,7?,8+/m1/s1. The van der Waals surface area contributed by atoms with Crippen LogP contribution in [0, 0.1) is 23.2 Å². The minimum atomic E-state index is -4.48. The molecule has 3 aliphatic rings. The third kappa shape index (κ3) is 0.822. The molecule has 1 unspecified atom stereocenters. The Kier molecular flexibility index (Phi) is 1.49. The lowest BCUT2D eigenvalue weighted by Crippen LogP contribution is -2.70. The predicted octanol–water partition coefficient (Wildman–Crippen LogP) is 3.47. The van der Waals surface area contributed by atoms with Gasteiger partial charge in [0.2, 0.25) is 0 Å². The van der Waals surface area contributed by atoms with Gasteiger partial charge in [0.15, 0.2) is 0 Å². The van der Waals surface area contributed by atoms with Crippen molar-refractivity contribution in [1.82, 2.24) is 0 Å². The molecule has 16 heavy (non-hydrogen) atoms. The molecule has 0 radical (unpaired) electrons. The number of halogens is 6. The van der Waals surface area contributed by atoms with E-state index in [1.54, 1.807) is 0 Å². The quantitative estimate of drug-likeness (QED) is 0.449. The summed E-state index contributed by atoms with van der Waals surface area (Å²) in [7, 11) is 0. The number of allylic oxidation sites excluding steroid dienone is 4. The van der Waals surface area contributed by atoms with E-state index >= 15 is 0 Å². The van der Waals surface area contributed by atoms with Gasteiger partial charge in [-0.15, -0.1) is 0 Å². The van der Waals surface area contributed by atoms with Gasteiger partial charge in [-0.1, -0.05) is 18.2 Å². The normalized spacial score (nSPS) is 44.6. The molecule has 0 heterocycles. The van der Waals surface area contributed by atoms with Crippen molar-refractivity contribution < 1.29 is 26.3 Å². The third-order valence-corrected chi connectivity index (χ3v) is 3.99. The Balaban J connectivity index is 1.93. The Bertz CT molecular complexity index is 412. The van der Waals surface area contributed by atoms with E-state index in [2.05, 4.69) is 0 Å². The van der Waals surface area contributed by atoms with Crippen molar-refractivity contribution in [3.05, 3.63) is 23.8 Å². The van der Waals surface area contributed by atoms with Crippen molar-refractivity contribution in [3.8, 4) is 0 Å². The lowest BCUT2D eigenvalue weighted by molar-refractivity contribution is -0.300. The molecule has 0 N–H and O–H groups in total. The molecule has 1 saturated carbocycles. The molecule has 0 spiro atoms. The van der Waals surface area contributed by atoms with Crippen LogP contribution in [0.1, 0.15) is 0 Å². The van der Waals surface area contributed by atoms with Gasteiger partial charge >= 0.3 is 12.4 Å². The van der Waals surface area contributed by atoms with Gasteiger partial charge in [0.05, 0.1) is 5.41 Å². The maximum Gasteiger partial charge on any atom is 0.412 e. The fourth-order valence-corrected chi connectivity index (χ4v) is 3.14. The fraction of sp³-hybridized carbons (Fsp3) is 0.600. The summed E-state index contributed by atoms with van der Waals surface area (Å²) < 4.78 is 75.1. The average Bonchev–Trinajstić information content (AvgIpc) is 1.99. The topological polar surface area (TPSA) is 0 Å². The van der Waals surface area contributed by atoms with Crippen LogP contribution in [0.2, 0.25) is 0 Å². The zero-order valence-electron chi connectivity index (χ0n) is 7.73. The van der Waals surface area contributed by atoms with Crippen LogP contribution in [0.3, 0.4) is 0 Å². The summed E-state index contributed by atoms with van der Waals surface area (Å²) >= 11 is 0. The van der Waals surface area contributed by atoms with Crippen LogP contribution in [-0.4, -0.2) is 12.4 Å². The first-order valence-electron chi connectivity index (χ1n) is 4.74. The number of hydrogen-bond donors (Lipinski definition) is 0. The van der Waals surface area contributed by atoms with E-state index in [0.29, 0.717) is 0 Å². The molecule has 88 valence electrons. The molecule has 3 rings (SSSR count). The van der Waals surface area contributed by atoms with E-state index in [1.807, 2.05) is 0 Å². The Hall–Kier alpha value is -0.940. The average molecular weight is 240 g/mol. The van der Waals surface area contributed by atoms with Crippen LogP contribution in [0.15, 0.2) is 23.8 Å². The first kappa shape index (κ1) is 10.2. The van der Waals surface area contributed by atoms with Crippen LogP contribution in [0.5, 0.6) is 0 Å². The van der Waals surface area contributed by atoms with Crippen molar-refractivity contribution in [3.63, 3.8) is 0 Å². The minimum Gasteiger partial charge on any atom is -0.170 e. The molecule has 6 heteroatoms. The summed E-state index contributed by atoms with van der Waals surface area (Å²) in [4.78, 5) is 0. The zero-order valence-corrected chi connectivity index (χ0v) is 7.73. The maximum absolute atomic E-state index is 12.7. The van der Waals surface area contributed by atoms with Gasteiger partial charge in [0, 0.05) is 23.3 Å². The first-order valence-corrected chi connectivity index (χ1v) is 4.74. The second kappa shape index (κ2) is 2.33. The number of alkyl halides is 6. The van der Waals surface area contributed by atoms with Gasteiger partial charge in [0.1, 0.15) is 0 Å². The summed E-state index contributed by atoms with van der Waals surface area (Å²) in [6.07, 6.45) is -5.95. The Morgan fingerprint density at radius 1 is 1.00 bits per heavy atom. The lowest BCUT2D eigenvalue weighted by Gasteiger charge is -2.68. The van der Waals surface area contributed by atoms with Crippen LogP contribution < -0.4 is 0 Å². The van der Waals surface area contributed by atoms with E-state index in [1.165, 1.54) is 6.08 Å². The smallest absolute Gasteiger partial charge is 0.170 e. The molecular formula is C10H6F6. The van der Waals surface area contributed by atoms with Gasteiger partial charge in [-0.05, 0) is 0 Å². The molecule has 0 aromatic carbocycles.